The van der Waals surface area contributed by atoms with Crippen molar-refractivity contribution in [2.24, 2.45) is 23.7 Å². The average Bonchev–Trinajstić information content (AvgIpc) is 3.94. The molecule has 10 heterocycles. The second-order valence-electron chi connectivity index (χ2n) is 19.4. The molecule has 12 atom stereocenters. The van der Waals surface area contributed by atoms with Crippen molar-refractivity contribution in [3.63, 3.8) is 0 Å². The van der Waals surface area contributed by atoms with Gasteiger partial charge in [0.05, 0.1) is 90.2 Å². The number of piperidine rings is 4. The highest BCUT2D eigenvalue weighted by atomic mass is 32.3. The lowest BCUT2D eigenvalue weighted by Gasteiger charge is -2.58. The molecule has 17 nitrogen and oxygen atoms in total. The van der Waals surface area contributed by atoms with Gasteiger partial charge in [0, 0.05) is 60.0 Å². The van der Waals surface area contributed by atoms with Crippen LogP contribution >= 0.6 is 0 Å². The number of nitrogens with zero attached hydrogens (tertiary/aromatic N) is 4. The van der Waals surface area contributed by atoms with Crippen molar-refractivity contribution >= 4 is 33.6 Å². The number of fused-ring (bicyclic) bond motifs is 4. The first-order valence-electron chi connectivity index (χ1n) is 22.3. The summed E-state index contributed by atoms with van der Waals surface area (Å²) in [5.74, 6) is 5.15. The first kappa shape index (κ1) is 42.4. The predicted octanol–water partition coefficient (Wildman–Crippen LogP) is 2.74. The van der Waals surface area contributed by atoms with Crippen molar-refractivity contribution in [2.45, 2.75) is 85.7 Å². The van der Waals surface area contributed by atoms with Crippen molar-refractivity contribution < 1.29 is 61.0 Å². The topological polar surface area (TPSA) is 209 Å². The smallest absolute Gasteiger partial charge is 0.394 e. The molecule has 2 spiro atoms. The molecule has 0 radical (unpaired) electrons. The standard InChI is InChI=1S/2C23H26N2O4.H2O4S.H2O/c2*1-27-16-8-14-15(9-17(16)28-2)25-20(26)10-18-21-13-7-19-23(14,22(21)25)4-5-24(19)11-12(13)3-6-29-18;1-5(2,3)4;/h2*3,8-9,13,18-19,21-22H,4-7,10-11H2,1-2H3;(H2,1,2,3,4);1H2/t2*13-,18-,19+,21+,22-,23-;;/m00../s1. The molecule has 0 aromatic heterocycles. The highest BCUT2D eigenvalue weighted by Crippen LogP contribution is 2.68. The van der Waals surface area contributed by atoms with Gasteiger partial charge in [-0.3, -0.25) is 28.5 Å². The van der Waals surface area contributed by atoms with E-state index in [0.717, 1.165) is 61.9 Å². The van der Waals surface area contributed by atoms with Crippen LogP contribution in [0.3, 0.4) is 0 Å². The molecule has 12 aliphatic rings. The monoisotopic (exact) mass is 904 g/mol. The predicted molar refractivity (Wildman–Crippen MR) is 231 cm³/mol. The van der Waals surface area contributed by atoms with E-state index in [2.05, 4.69) is 43.9 Å². The van der Waals surface area contributed by atoms with E-state index in [4.69, 9.17) is 45.9 Å². The van der Waals surface area contributed by atoms with Gasteiger partial charge in [0.1, 0.15) is 0 Å². The molecule has 2 aromatic carbocycles. The Bertz CT molecular complexity index is 2350. The molecule has 2 saturated carbocycles. The van der Waals surface area contributed by atoms with E-state index >= 15 is 0 Å². The number of anilines is 2. The third-order valence-corrected chi connectivity index (χ3v) is 17.6. The Morgan fingerprint density at radius 1 is 0.641 bits per heavy atom. The average molecular weight is 905 g/mol. The van der Waals surface area contributed by atoms with Crippen molar-refractivity contribution in [3.05, 3.63) is 58.7 Å². The van der Waals surface area contributed by atoms with Crippen LogP contribution in [-0.2, 0) is 40.3 Å². The number of rotatable bonds is 4. The number of carbonyl (C=O) groups is 2. The molecular formula is C46H56N4O13S. The van der Waals surface area contributed by atoms with Gasteiger partial charge < -0.3 is 43.7 Å². The molecule has 2 amide bonds. The Kier molecular flexibility index (Phi) is 9.68. The molecule has 18 heteroatoms. The highest BCUT2D eigenvalue weighted by molar-refractivity contribution is 7.79. The molecule has 10 aliphatic heterocycles. The first-order chi connectivity index (χ1) is 30.3. The summed E-state index contributed by atoms with van der Waals surface area (Å²) in [6.07, 6.45) is 10.2. The van der Waals surface area contributed by atoms with Crippen LogP contribution in [-0.4, -0.2) is 149 Å². The fourth-order valence-corrected chi connectivity index (χ4v) is 15.7. The van der Waals surface area contributed by atoms with Crippen LogP contribution in [0.1, 0.15) is 49.7 Å². The zero-order chi connectivity index (χ0) is 43.5. The molecule has 6 saturated heterocycles. The second kappa shape index (κ2) is 14.6. The van der Waals surface area contributed by atoms with Gasteiger partial charge in [-0.25, -0.2) is 0 Å². The highest BCUT2D eigenvalue weighted by Gasteiger charge is 2.73. The Morgan fingerprint density at radius 2 is 1.02 bits per heavy atom. The molecule has 64 heavy (non-hydrogen) atoms. The lowest BCUT2D eigenvalue weighted by Crippen LogP contribution is -2.69. The zero-order valence-electron chi connectivity index (χ0n) is 36.4. The van der Waals surface area contributed by atoms with Crippen molar-refractivity contribution in [1.29, 1.82) is 0 Å². The van der Waals surface area contributed by atoms with Gasteiger partial charge in [-0.2, -0.15) is 8.42 Å². The van der Waals surface area contributed by atoms with Crippen LogP contribution < -0.4 is 28.7 Å². The number of hydrogen-bond acceptors (Lipinski definition) is 12. The van der Waals surface area contributed by atoms with E-state index < -0.39 is 10.4 Å². The van der Waals surface area contributed by atoms with Gasteiger partial charge in [0.2, 0.25) is 11.8 Å². The van der Waals surface area contributed by atoms with Crippen LogP contribution in [0.15, 0.2) is 47.6 Å². The minimum Gasteiger partial charge on any atom is -0.493 e. The Morgan fingerprint density at radius 3 is 1.39 bits per heavy atom. The minimum atomic E-state index is -4.67. The van der Waals surface area contributed by atoms with Crippen molar-refractivity contribution in [2.75, 3.05) is 77.6 Å². The number of benzene rings is 2. The lowest BCUT2D eigenvalue weighted by atomic mass is 9.53. The molecule has 2 aromatic rings. The molecule has 4 bridgehead atoms. The van der Waals surface area contributed by atoms with Gasteiger partial charge in [-0.1, -0.05) is 23.3 Å². The Balaban J connectivity index is 0.000000128. The van der Waals surface area contributed by atoms with Gasteiger partial charge in [-0.15, -0.1) is 0 Å². The maximum absolute atomic E-state index is 13.5. The molecule has 8 fully saturated rings. The summed E-state index contributed by atoms with van der Waals surface area (Å²) in [6.45, 7) is 5.61. The fourth-order valence-electron chi connectivity index (χ4n) is 15.7. The molecule has 4 N–H and O–H groups in total. The maximum Gasteiger partial charge on any atom is 0.394 e. The van der Waals surface area contributed by atoms with E-state index in [1.165, 1.54) is 24.0 Å². The summed E-state index contributed by atoms with van der Waals surface area (Å²) >= 11 is 0. The molecule has 344 valence electrons. The molecule has 0 unspecified atom stereocenters. The van der Waals surface area contributed by atoms with Gasteiger partial charge in [0.15, 0.2) is 23.0 Å². The number of ether oxygens (including phenoxy) is 6. The van der Waals surface area contributed by atoms with E-state index in [9.17, 15) is 9.59 Å². The summed E-state index contributed by atoms with van der Waals surface area (Å²) in [5.41, 5.74) is 7.70. The van der Waals surface area contributed by atoms with Crippen molar-refractivity contribution in [3.8, 4) is 23.0 Å². The first-order valence-corrected chi connectivity index (χ1v) is 23.7. The van der Waals surface area contributed by atoms with Crippen LogP contribution in [0.2, 0.25) is 0 Å². The van der Waals surface area contributed by atoms with E-state index in [1.807, 2.05) is 12.1 Å². The SMILES string of the molecule is COc1cc2c(cc1OC)[C@]13CCN4CC5=CCO[C@H]6CC(=O)N2[C@H]1[C@@H]6[C@H]5C[C@@H]43.COc1cc2c(cc1OC)[C@]13CCN4CC5=CCO[C@H]6CC(=O)N2[C@H]1[C@@H]6[C@H]5C[C@@H]43.O.O=S(=O)(O)O. The largest absolute Gasteiger partial charge is 0.493 e. The van der Waals surface area contributed by atoms with Crippen LogP contribution in [0.25, 0.3) is 0 Å². The van der Waals surface area contributed by atoms with Gasteiger partial charge in [-0.05, 0) is 73.9 Å². The van der Waals surface area contributed by atoms with E-state index in [1.54, 1.807) is 39.6 Å². The van der Waals surface area contributed by atoms with Crippen LogP contribution in [0.4, 0.5) is 11.4 Å². The number of carbonyl (C=O) groups excluding carboxylic acids is 2. The lowest BCUT2D eigenvalue weighted by molar-refractivity contribution is -0.133. The van der Waals surface area contributed by atoms with Crippen LogP contribution in [0.5, 0.6) is 23.0 Å². The minimum absolute atomic E-state index is 0. The molecular weight excluding hydrogens is 849 g/mol. The van der Waals surface area contributed by atoms with Crippen molar-refractivity contribution in [1.82, 2.24) is 9.80 Å². The Labute approximate surface area is 372 Å². The van der Waals surface area contributed by atoms with Gasteiger partial charge >= 0.3 is 10.4 Å². The molecule has 14 rings (SSSR count). The number of methoxy groups -OCH3 is 4. The third-order valence-electron chi connectivity index (χ3n) is 17.6. The number of amides is 2. The summed E-state index contributed by atoms with van der Waals surface area (Å²) < 4.78 is 66.8. The van der Waals surface area contributed by atoms with E-state index in [0.29, 0.717) is 73.3 Å². The van der Waals surface area contributed by atoms with E-state index in [-0.39, 0.29) is 52.4 Å². The summed E-state index contributed by atoms with van der Waals surface area (Å²) in [6, 6.07) is 9.74. The zero-order valence-corrected chi connectivity index (χ0v) is 37.2. The summed E-state index contributed by atoms with van der Waals surface area (Å²) in [4.78, 5) is 36.5. The fraction of sp³-hybridized carbons (Fsp3) is 0.609. The maximum atomic E-state index is 13.5. The number of hydrogen-bond donors (Lipinski definition) is 2. The summed E-state index contributed by atoms with van der Waals surface area (Å²) in [5, 5.41) is 0. The third kappa shape index (κ3) is 5.50. The summed E-state index contributed by atoms with van der Waals surface area (Å²) in [7, 11) is 2.05. The second-order valence-corrected chi connectivity index (χ2v) is 20.3. The normalized spacial score (nSPS) is 38.1. The quantitative estimate of drug-likeness (QED) is 0.334. The van der Waals surface area contributed by atoms with Crippen LogP contribution in [0, 0.1) is 23.7 Å². The van der Waals surface area contributed by atoms with Gasteiger partial charge in [0.25, 0.3) is 0 Å². The molecule has 2 aliphatic carbocycles. The Hall–Kier alpha value is -4.27.